The van der Waals surface area contributed by atoms with Crippen LogP contribution in [0.3, 0.4) is 0 Å². The number of hydrogen-bond donors (Lipinski definition) is 1. The molecule has 0 aromatic carbocycles. The fraction of sp³-hybridized carbons (Fsp3) is 1.00. The first-order valence-electron chi connectivity index (χ1n) is 3.79. The maximum atomic E-state index is 11.6. The van der Waals surface area contributed by atoms with Crippen LogP contribution in [0.25, 0.3) is 0 Å². The standard InChI is InChI=1S/C6H13Cl2O4P/c7-1-4-11-13(10,6-2-8)12-5-3-9/h9H,1-6H2. The molecule has 0 aromatic rings. The number of rotatable bonds is 8. The van der Waals surface area contributed by atoms with Crippen molar-refractivity contribution in [3.8, 4) is 0 Å². The Morgan fingerprint density at radius 2 is 1.77 bits per heavy atom. The zero-order valence-electron chi connectivity index (χ0n) is 7.12. The van der Waals surface area contributed by atoms with Crippen molar-refractivity contribution >= 4 is 30.8 Å². The second-order valence-corrected chi connectivity index (χ2v) is 5.04. The van der Waals surface area contributed by atoms with E-state index < -0.39 is 7.60 Å². The second-order valence-electron chi connectivity index (χ2n) is 2.10. The number of aliphatic hydroxyl groups excluding tert-OH is 1. The molecule has 0 bridgehead atoms. The molecule has 80 valence electrons. The minimum Gasteiger partial charge on any atom is -0.394 e. The Morgan fingerprint density at radius 1 is 1.15 bits per heavy atom. The fourth-order valence-corrected chi connectivity index (χ4v) is 2.70. The predicted molar refractivity (Wildman–Crippen MR) is 52.9 cm³/mol. The highest BCUT2D eigenvalue weighted by Crippen LogP contribution is 2.47. The first-order chi connectivity index (χ1) is 6.18. The summed E-state index contributed by atoms with van der Waals surface area (Å²) in [7, 11) is -3.13. The van der Waals surface area contributed by atoms with Crippen molar-refractivity contribution in [3.63, 3.8) is 0 Å². The Hall–Kier alpha value is 0.690. The minimum atomic E-state index is -3.13. The molecule has 0 amide bonds. The number of halogens is 2. The lowest BCUT2D eigenvalue weighted by Gasteiger charge is -2.16. The lowest BCUT2D eigenvalue weighted by molar-refractivity contribution is 0.165. The molecule has 0 rings (SSSR count). The van der Waals surface area contributed by atoms with Gasteiger partial charge in [0.25, 0.3) is 0 Å². The van der Waals surface area contributed by atoms with Crippen molar-refractivity contribution in [1.29, 1.82) is 0 Å². The largest absolute Gasteiger partial charge is 0.394 e. The van der Waals surface area contributed by atoms with Gasteiger partial charge in [0.1, 0.15) is 0 Å². The first-order valence-corrected chi connectivity index (χ1v) is 6.59. The van der Waals surface area contributed by atoms with Gasteiger partial charge >= 0.3 is 7.60 Å². The van der Waals surface area contributed by atoms with Crippen molar-refractivity contribution in [2.45, 2.75) is 0 Å². The van der Waals surface area contributed by atoms with E-state index in [1.807, 2.05) is 0 Å². The molecule has 0 aliphatic carbocycles. The molecule has 0 saturated carbocycles. The zero-order valence-corrected chi connectivity index (χ0v) is 9.52. The van der Waals surface area contributed by atoms with Crippen LogP contribution in [0.4, 0.5) is 0 Å². The Balaban J connectivity index is 3.92. The van der Waals surface area contributed by atoms with Gasteiger partial charge in [0.15, 0.2) is 0 Å². The smallest absolute Gasteiger partial charge is 0.331 e. The van der Waals surface area contributed by atoms with Crippen LogP contribution in [0.15, 0.2) is 0 Å². The SMILES string of the molecule is O=P(CCCl)(OCCO)OCCCl. The van der Waals surface area contributed by atoms with Crippen molar-refractivity contribution in [1.82, 2.24) is 0 Å². The molecule has 13 heavy (non-hydrogen) atoms. The molecule has 0 spiro atoms. The third-order valence-electron chi connectivity index (χ3n) is 1.10. The molecule has 0 radical (unpaired) electrons. The van der Waals surface area contributed by atoms with Gasteiger partial charge in [-0.3, -0.25) is 4.57 Å². The Labute approximate surface area is 87.7 Å². The Kier molecular flexibility index (Phi) is 8.46. The summed E-state index contributed by atoms with van der Waals surface area (Å²) in [5, 5.41) is 8.46. The van der Waals surface area contributed by atoms with Gasteiger partial charge in [-0.2, -0.15) is 0 Å². The maximum absolute atomic E-state index is 11.6. The van der Waals surface area contributed by atoms with Crippen LogP contribution in [-0.4, -0.2) is 42.8 Å². The molecule has 0 fully saturated rings. The van der Waals surface area contributed by atoms with Crippen molar-refractivity contribution in [2.24, 2.45) is 0 Å². The molecule has 7 heteroatoms. The van der Waals surface area contributed by atoms with Gasteiger partial charge in [-0.15, -0.1) is 23.2 Å². The van der Waals surface area contributed by atoms with Crippen molar-refractivity contribution in [3.05, 3.63) is 0 Å². The molecule has 1 unspecified atom stereocenters. The van der Waals surface area contributed by atoms with Crippen molar-refractivity contribution < 1.29 is 18.7 Å². The van der Waals surface area contributed by atoms with Crippen LogP contribution in [0.5, 0.6) is 0 Å². The summed E-state index contributed by atoms with van der Waals surface area (Å²) >= 11 is 10.8. The van der Waals surface area contributed by atoms with Gasteiger partial charge in [0, 0.05) is 11.8 Å². The van der Waals surface area contributed by atoms with Crippen LogP contribution < -0.4 is 0 Å². The van der Waals surface area contributed by atoms with Gasteiger partial charge in [-0.1, -0.05) is 0 Å². The van der Waals surface area contributed by atoms with E-state index in [9.17, 15) is 4.57 Å². The van der Waals surface area contributed by atoms with Crippen LogP contribution in [0.2, 0.25) is 0 Å². The zero-order chi connectivity index (χ0) is 10.2. The monoisotopic (exact) mass is 250 g/mol. The van der Waals surface area contributed by atoms with E-state index in [0.29, 0.717) is 0 Å². The van der Waals surface area contributed by atoms with E-state index in [-0.39, 0.29) is 37.7 Å². The highest BCUT2D eigenvalue weighted by Gasteiger charge is 2.23. The van der Waals surface area contributed by atoms with E-state index in [2.05, 4.69) is 0 Å². The topological polar surface area (TPSA) is 55.8 Å². The fourth-order valence-electron chi connectivity index (χ4n) is 0.623. The Morgan fingerprint density at radius 3 is 2.23 bits per heavy atom. The maximum Gasteiger partial charge on any atom is 0.331 e. The van der Waals surface area contributed by atoms with Gasteiger partial charge in [-0.05, 0) is 0 Å². The highest BCUT2D eigenvalue weighted by molar-refractivity contribution is 7.53. The summed E-state index contributed by atoms with van der Waals surface area (Å²) < 4.78 is 21.4. The van der Waals surface area contributed by atoms with E-state index in [1.54, 1.807) is 0 Å². The first kappa shape index (κ1) is 13.7. The minimum absolute atomic E-state index is 0.0174. The van der Waals surface area contributed by atoms with Crippen molar-refractivity contribution in [2.75, 3.05) is 37.7 Å². The van der Waals surface area contributed by atoms with Crippen LogP contribution in [-0.2, 0) is 13.6 Å². The average Bonchev–Trinajstić information content (AvgIpc) is 2.12. The van der Waals surface area contributed by atoms with Gasteiger partial charge in [0.2, 0.25) is 0 Å². The van der Waals surface area contributed by atoms with E-state index >= 15 is 0 Å². The third-order valence-corrected chi connectivity index (χ3v) is 3.63. The summed E-state index contributed by atoms with van der Waals surface area (Å²) in [6.45, 7) is -0.0614. The summed E-state index contributed by atoms with van der Waals surface area (Å²) in [5.74, 6) is 0.430. The second kappa shape index (κ2) is 8.04. The summed E-state index contributed by atoms with van der Waals surface area (Å²) in [6, 6.07) is 0. The van der Waals surface area contributed by atoms with Crippen LogP contribution >= 0.6 is 30.8 Å². The van der Waals surface area contributed by atoms with Gasteiger partial charge in [0.05, 0.1) is 26.0 Å². The molecule has 0 aliphatic heterocycles. The van der Waals surface area contributed by atoms with Crippen LogP contribution in [0, 0.1) is 0 Å². The van der Waals surface area contributed by atoms with E-state index in [0.717, 1.165) is 0 Å². The highest BCUT2D eigenvalue weighted by atomic mass is 35.5. The quantitative estimate of drug-likeness (QED) is 0.526. The molecule has 0 aromatic heterocycles. The van der Waals surface area contributed by atoms with Crippen LogP contribution in [0.1, 0.15) is 0 Å². The molecule has 1 N–H and O–H groups in total. The number of alkyl halides is 2. The lowest BCUT2D eigenvalue weighted by atomic mass is 10.8. The summed E-state index contributed by atoms with van der Waals surface area (Å²) in [6.07, 6.45) is 0.130. The molecular weight excluding hydrogens is 238 g/mol. The van der Waals surface area contributed by atoms with Gasteiger partial charge in [-0.25, -0.2) is 0 Å². The Bertz CT molecular complexity index is 155. The molecule has 0 heterocycles. The third kappa shape index (κ3) is 6.72. The predicted octanol–water partition coefficient (Wildman–Crippen LogP) is 1.68. The van der Waals surface area contributed by atoms with E-state index in [1.165, 1.54) is 0 Å². The molecule has 0 saturated heterocycles. The van der Waals surface area contributed by atoms with Gasteiger partial charge < -0.3 is 14.2 Å². The normalized spacial score (nSPS) is 15.6. The molecular formula is C6H13Cl2O4P. The molecule has 1 atom stereocenters. The van der Waals surface area contributed by atoms with E-state index in [4.69, 9.17) is 37.4 Å². The lowest BCUT2D eigenvalue weighted by Crippen LogP contribution is -2.06. The number of hydrogen-bond acceptors (Lipinski definition) is 4. The average molecular weight is 251 g/mol. The molecule has 4 nitrogen and oxygen atoms in total. The number of aliphatic hydroxyl groups is 1. The summed E-state index contributed by atoms with van der Waals surface area (Å²) in [4.78, 5) is 0. The molecule has 0 aliphatic rings. The summed E-state index contributed by atoms with van der Waals surface area (Å²) in [5.41, 5.74) is 0.